The third-order valence-corrected chi connectivity index (χ3v) is 4.74. The number of piperidine rings is 1. The van der Waals surface area contributed by atoms with Crippen LogP contribution in [-0.2, 0) is 6.42 Å². The fourth-order valence-electron chi connectivity index (χ4n) is 3.06. The van der Waals surface area contributed by atoms with Crippen LogP contribution in [0.5, 0.6) is 0 Å². The van der Waals surface area contributed by atoms with Crippen molar-refractivity contribution in [3.05, 3.63) is 34.9 Å². The summed E-state index contributed by atoms with van der Waals surface area (Å²) in [7, 11) is 0. The van der Waals surface area contributed by atoms with Gasteiger partial charge in [0.15, 0.2) is 5.96 Å². The van der Waals surface area contributed by atoms with E-state index >= 15 is 0 Å². The Labute approximate surface area is 174 Å². The maximum Gasteiger partial charge on any atom is 0.191 e. The van der Waals surface area contributed by atoms with E-state index in [1.54, 1.807) is 0 Å². The summed E-state index contributed by atoms with van der Waals surface area (Å²) in [6.07, 6.45) is 3.26. The van der Waals surface area contributed by atoms with E-state index in [1.165, 1.54) is 18.4 Å². The number of nitrogens with one attached hydrogen (secondary N) is 2. The molecule has 142 valence electrons. The molecule has 2 rings (SSSR count). The second-order valence-corrected chi connectivity index (χ2v) is 7.13. The molecule has 6 heteroatoms. The summed E-state index contributed by atoms with van der Waals surface area (Å²) in [6, 6.07) is 9.17. The van der Waals surface area contributed by atoms with Crippen molar-refractivity contribution in [2.45, 2.75) is 52.1 Å². The zero-order valence-corrected chi connectivity index (χ0v) is 18.7. The number of benzene rings is 1. The van der Waals surface area contributed by atoms with Crippen molar-refractivity contribution >= 4 is 41.5 Å². The lowest BCUT2D eigenvalue weighted by Crippen LogP contribution is -2.49. The van der Waals surface area contributed by atoms with E-state index in [4.69, 9.17) is 16.6 Å². The first kappa shape index (κ1) is 22.5. The molecule has 1 saturated heterocycles. The van der Waals surface area contributed by atoms with Gasteiger partial charge in [-0.2, -0.15) is 0 Å². The van der Waals surface area contributed by atoms with Crippen molar-refractivity contribution in [2.24, 2.45) is 4.99 Å². The van der Waals surface area contributed by atoms with Crippen LogP contribution >= 0.6 is 35.6 Å². The van der Waals surface area contributed by atoms with E-state index in [2.05, 4.69) is 42.4 Å². The standard InChI is InChI=1S/C19H31ClN4.HI/c1-4-21-19(22-11-8-16-6-5-7-17(20)14-16)23-18-9-12-24(13-10-18)15(2)3;/h5-7,14-15,18H,4,8-13H2,1-3H3,(H2,21,22,23);1H. The molecule has 0 aromatic heterocycles. The van der Waals surface area contributed by atoms with Crippen LogP contribution in [0.25, 0.3) is 0 Å². The van der Waals surface area contributed by atoms with Crippen molar-refractivity contribution < 1.29 is 0 Å². The quantitative estimate of drug-likeness (QED) is 0.370. The number of aliphatic imine (C=N–C) groups is 1. The molecule has 2 N–H and O–H groups in total. The van der Waals surface area contributed by atoms with Gasteiger partial charge in [0.25, 0.3) is 0 Å². The first-order valence-electron chi connectivity index (χ1n) is 9.11. The van der Waals surface area contributed by atoms with E-state index in [0.717, 1.165) is 43.6 Å². The van der Waals surface area contributed by atoms with E-state index < -0.39 is 0 Å². The summed E-state index contributed by atoms with van der Waals surface area (Å²) in [5.74, 6) is 0.933. The lowest BCUT2D eigenvalue weighted by Gasteiger charge is -2.35. The smallest absolute Gasteiger partial charge is 0.191 e. The van der Waals surface area contributed by atoms with Gasteiger partial charge in [-0.3, -0.25) is 4.99 Å². The Morgan fingerprint density at radius 3 is 2.64 bits per heavy atom. The summed E-state index contributed by atoms with van der Waals surface area (Å²) in [6.45, 7) is 10.6. The second-order valence-electron chi connectivity index (χ2n) is 6.69. The van der Waals surface area contributed by atoms with Crippen molar-refractivity contribution in [3.63, 3.8) is 0 Å². The van der Waals surface area contributed by atoms with Gasteiger partial charge in [0.05, 0.1) is 0 Å². The van der Waals surface area contributed by atoms with E-state index in [0.29, 0.717) is 12.1 Å². The molecule has 0 radical (unpaired) electrons. The van der Waals surface area contributed by atoms with Crippen LogP contribution in [-0.4, -0.2) is 49.1 Å². The Kier molecular flexibility index (Phi) is 10.8. The van der Waals surface area contributed by atoms with Crippen LogP contribution in [0.2, 0.25) is 5.02 Å². The second kappa shape index (κ2) is 12.0. The highest BCUT2D eigenvalue weighted by atomic mass is 127. The molecule has 1 aromatic rings. The van der Waals surface area contributed by atoms with Crippen LogP contribution < -0.4 is 10.6 Å². The van der Waals surface area contributed by atoms with Crippen molar-refractivity contribution in [1.82, 2.24) is 15.5 Å². The number of nitrogens with zero attached hydrogens (tertiary/aromatic N) is 2. The number of hydrogen-bond donors (Lipinski definition) is 2. The highest BCUT2D eigenvalue weighted by Crippen LogP contribution is 2.13. The predicted octanol–water partition coefficient (Wildman–Crippen LogP) is 3.93. The van der Waals surface area contributed by atoms with Gasteiger partial charge in [-0.25, -0.2) is 0 Å². The molecule has 1 fully saturated rings. The molecule has 0 bridgehead atoms. The van der Waals surface area contributed by atoms with E-state index in [1.807, 2.05) is 18.2 Å². The summed E-state index contributed by atoms with van der Waals surface area (Å²) in [5.41, 5.74) is 1.23. The summed E-state index contributed by atoms with van der Waals surface area (Å²) in [4.78, 5) is 7.27. The first-order chi connectivity index (χ1) is 11.6. The molecule has 0 saturated carbocycles. The lowest BCUT2D eigenvalue weighted by molar-refractivity contribution is 0.167. The van der Waals surface area contributed by atoms with Gasteiger partial charge < -0.3 is 15.5 Å². The molecule has 1 aliphatic heterocycles. The van der Waals surface area contributed by atoms with Gasteiger partial charge in [-0.15, -0.1) is 24.0 Å². The minimum absolute atomic E-state index is 0. The number of halogens is 2. The van der Waals surface area contributed by atoms with Gasteiger partial charge in [0.2, 0.25) is 0 Å². The highest BCUT2D eigenvalue weighted by molar-refractivity contribution is 14.0. The number of guanidine groups is 1. The molecule has 25 heavy (non-hydrogen) atoms. The number of hydrogen-bond acceptors (Lipinski definition) is 2. The fraction of sp³-hybridized carbons (Fsp3) is 0.632. The third kappa shape index (κ3) is 8.13. The Hall–Kier alpha value is -0.530. The molecule has 0 aliphatic carbocycles. The van der Waals surface area contributed by atoms with Crippen LogP contribution in [0.3, 0.4) is 0 Å². The molecule has 0 spiro atoms. The van der Waals surface area contributed by atoms with Crippen molar-refractivity contribution in [2.75, 3.05) is 26.2 Å². The van der Waals surface area contributed by atoms with Crippen LogP contribution in [0.15, 0.2) is 29.3 Å². The Morgan fingerprint density at radius 1 is 1.32 bits per heavy atom. The van der Waals surface area contributed by atoms with E-state index in [9.17, 15) is 0 Å². The maximum atomic E-state index is 6.03. The molecular weight excluding hydrogens is 447 g/mol. The van der Waals surface area contributed by atoms with E-state index in [-0.39, 0.29) is 24.0 Å². The zero-order chi connectivity index (χ0) is 17.4. The SMILES string of the molecule is CCNC(=NCCc1cccc(Cl)c1)NC1CCN(C(C)C)CC1.I. The average molecular weight is 479 g/mol. The topological polar surface area (TPSA) is 39.7 Å². The Balaban J connectivity index is 0.00000312. The molecule has 1 aromatic carbocycles. The number of rotatable bonds is 6. The third-order valence-electron chi connectivity index (χ3n) is 4.50. The molecule has 4 nitrogen and oxygen atoms in total. The van der Waals surface area contributed by atoms with Crippen molar-refractivity contribution in [3.8, 4) is 0 Å². The fourth-order valence-corrected chi connectivity index (χ4v) is 3.28. The van der Waals surface area contributed by atoms with Crippen molar-refractivity contribution in [1.29, 1.82) is 0 Å². The summed E-state index contributed by atoms with van der Waals surface area (Å²) in [5, 5.41) is 7.75. The molecule has 1 aliphatic rings. The Bertz CT molecular complexity index is 528. The molecule has 1 heterocycles. The largest absolute Gasteiger partial charge is 0.357 e. The van der Waals surface area contributed by atoms with Gasteiger partial charge in [0.1, 0.15) is 0 Å². The zero-order valence-electron chi connectivity index (χ0n) is 15.6. The number of likely N-dealkylation sites (tertiary alicyclic amines) is 1. The molecule has 0 atom stereocenters. The average Bonchev–Trinajstić information content (AvgIpc) is 2.55. The Morgan fingerprint density at radius 2 is 2.04 bits per heavy atom. The minimum Gasteiger partial charge on any atom is -0.357 e. The molecule has 0 unspecified atom stereocenters. The highest BCUT2D eigenvalue weighted by Gasteiger charge is 2.21. The monoisotopic (exact) mass is 478 g/mol. The van der Waals surface area contributed by atoms with Crippen LogP contribution in [0.4, 0.5) is 0 Å². The summed E-state index contributed by atoms with van der Waals surface area (Å²) < 4.78 is 0. The summed E-state index contributed by atoms with van der Waals surface area (Å²) >= 11 is 6.03. The minimum atomic E-state index is 0. The van der Waals surface area contributed by atoms with Gasteiger partial charge in [0, 0.05) is 43.3 Å². The molecular formula is C19H32ClIN4. The normalized spacial score (nSPS) is 16.6. The van der Waals surface area contributed by atoms with Gasteiger partial charge in [-0.1, -0.05) is 23.7 Å². The van der Waals surface area contributed by atoms with Crippen LogP contribution in [0, 0.1) is 0 Å². The van der Waals surface area contributed by atoms with Gasteiger partial charge in [-0.05, 0) is 57.7 Å². The van der Waals surface area contributed by atoms with Crippen LogP contribution in [0.1, 0.15) is 39.2 Å². The maximum absolute atomic E-state index is 6.03. The van der Waals surface area contributed by atoms with Gasteiger partial charge >= 0.3 is 0 Å². The lowest BCUT2D eigenvalue weighted by atomic mass is 10.0. The molecule has 0 amide bonds. The predicted molar refractivity (Wildman–Crippen MR) is 119 cm³/mol. The first-order valence-corrected chi connectivity index (χ1v) is 9.49.